The molecule has 15 heavy (non-hydrogen) atoms. The minimum Gasteiger partial charge on any atom is -0.325 e. The van der Waals surface area contributed by atoms with Crippen molar-refractivity contribution in [2.45, 2.75) is 33.0 Å². The average Bonchev–Trinajstić information content (AvgIpc) is 2.17. The first kappa shape index (κ1) is 11.9. The molecule has 1 aromatic heterocycles. The molecule has 82 valence electrons. The maximum Gasteiger partial charge on any atom is 0.224 e. The number of anilines is 1. The van der Waals surface area contributed by atoms with Crippen LogP contribution in [-0.2, 0) is 4.79 Å². The lowest BCUT2D eigenvalue weighted by Crippen LogP contribution is -2.39. The van der Waals surface area contributed by atoms with Crippen LogP contribution in [0.15, 0.2) is 18.3 Å². The van der Waals surface area contributed by atoms with Gasteiger partial charge in [0.2, 0.25) is 5.91 Å². The fourth-order valence-corrected chi connectivity index (χ4v) is 2.20. The second-order valence-electron chi connectivity index (χ2n) is 4.58. The number of nitrogens with zero attached hydrogens (tertiary/aromatic N) is 1. The molecule has 0 aromatic carbocycles. The van der Waals surface area contributed by atoms with E-state index < -0.39 is 8.07 Å². The molecule has 0 aliphatic heterocycles. The van der Waals surface area contributed by atoms with E-state index in [4.69, 9.17) is 0 Å². The Morgan fingerprint density at radius 1 is 1.40 bits per heavy atom. The zero-order valence-electron chi connectivity index (χ0n) is 9.79. The Kier molecular flexibility index (Phi) is 3.63. The summed E-state index contributed by atoms with van der Waals surface area (Å²) in [7, 11) is -1.33. The highest BCUT2D eigenvalue weighted by Gasteiger charge is 2.17. The first-order valence-corrected chi connectivity index (χ1v) is 8.70. The average molecular weight is 222 g/mol. The Balaban J connectivity index is 2.77. The molecular formula is C11H18N2OSi. The van der Waals surface area contributed by atoms with E-state index in [1.807, 2.05) is 19.1 Å². The summed E-state index contributed by atoms with van der Waals surface area (Å²) in [6.07, 6.45) is 2.23. The molecule has 0 saturated heterocycles. The quantitative estimate of drug-likeness (QED) is 0.795. The van der Waals surface area contributed by atoms with Crippen molar-refractivity contribution in [3.8, 4) is 0 Å². The molecule has 1 aromatic rings. The highest BCUT2D eigenvalue weighted by Crippen LogP contribution is 2.06. The van der Waals surface area contributed by atoms with E-state index in [-0.39, 0.29) is 5.91 Å². The second kappa shape index (κ2) is 4.57. The molecule has 0 radical (unpaired) electrons. The number of carbonyl (C=O) groups excluding carboxylic acids is 1. The summed E-state index contributed by atoms with van der Waals surface area (Å²) in [5.74, 6) is 0.0255. The van der Waals surface area contributed by atoms with Gasteiger partial charge in [-0.15, -0.1) is 0 Å². The number of pyridine rings is 1. The van der Waals surface area contributed by atoms with Crippen LogP contribution >= 0.6 is 0 Å². The van der Waals surface area contributed by atoms with E-state index in [1.54, 1.807) is 6.20 Å². The molecule has 0 saturated carbocycles. The maximum atomic E-state index is 11.1. The van der Waals surface area contributed by atoms with Crippen LogP contribution in [0.2, 0.25) is 19.6 Å². The molecule has 0 aliphatic carbocycles. The van der Waals surface area contributed by atoms with Crippen LogP contribution in [0.25, 0.3) is 0 Å². The molecule has 1 heterocycles. The van der Waals surface area contributed by atoms with Gasteiger partial charge in [0, 0.05) is 11.7 Å². The third-order valence-corrected chi connectivity index (χ3v) is 3.97. The lowest BCUT2D eigenvalue weighted by atomic mass is 10.4. The first-order valence-electron chi connectivity index (χ1n) is 5.20. The molecule has 0 unspecified atom stereocenters. The van der Waals surface area contributed by atoms with Gasteiger partial charge in [-0.1, -0.05) is 26.6 Å². The lowest BCUT2D eigenvalue weighted by Gasteiger charge is -2.15. The summed E-state index contributed by atoms with van der Waals surface area (Å²) in [5, 5.41) is 3.95. The van der Waals surface area contributed by atoms with Crippen LogP contribution in [0.3, 0.4) is 0 Å². The van der Waals surface area contributed by atoms with Crippen LogP contribution in [0.1, 0.15) is 13.3 Å². The Labute approximate surface area is 91.9 Å². The second-order valence-corrected chi connectivity index (χ2v) is 9.60. The third-order valence-electron chi connectivity index (χ3n) is 2.14. The Bertz CT molecular complexity index is 341. The lowest BCUT2D eigenvalue weighted by molar-refractivity contribution is -0.115. The highest BCUT2D eigenvalue weighted by atomic mass is 28.3. The van der Waals surface area contributed by atoms with Gasteiger partial charge in [0.25, 0.3) is 0 Å². The molecule has 0 atom stereocenters. The van der Waals surface area contributed by atoms with E-state index >= 15 is 0 Å². The largest absolute Gasteiger partial charge is 0.325 e. The maximum absolute atomic E-state index is 11.1. The zero-order valence-corrected chi connectivity index (χ0v) is 10.8. The summed E-state index contributed by atoms with van der Waals surface area (Å²) in [6, 6.07) is 3.94. The van der Waals surface area contributed by atoms with Crippen LogP contribution in [0.4, 0.5) is 5.69 Å². The summed E-state index contributed by atoms with van der Waals surface area (Å²) in [4.78, 5) is 15.5. The van der Waals surface area contributed by atoms with Gasteiger partial charge in [0.05, 0.1) is 11.9 Å². The number of rotatable bonds is 3. The van der Waals surface area contributed by atoms with Crippen molar-refractivity contribution in [3.63, 3.8) is 0 Å². The van der Waals surface area contributed by atoms with Crippen molar-refractivity contribution in [2.75, 3.05) is 5.32 Å². The molecule has 0 spiro atoms. The van der Waals surface area contributed by atoms with E-state index in [2.05, 4.69) is 29.9 Å². The van der Waals surface area contributed by atoms with Gasteiger partial charge in [-0.2, -0.15) is 0 Å². The molecule has 1 N–H and O–H groups in total. The van der Waals surface area contributed by atoms with Crippen LogP contribution in [0, 0.1) is 0 Å². The van der Waals surface area contributed by atoms with Gasteiger partial charge in [-0.05, 0) is 12.1 Å². The minimum absolute atomic E-state index is 0.0255. The number of amides is 1. The molecule has 0 bridgehead atoms. The van der Waals surface area contributed by atoms with Crippen LogP contribution in [0.5, 0.6) is 0 Å². The van der Waals surface area contributed by atoms with Gasteiger partial charge < -0.3 is 5.32 Å². The van der Waals surface area contributed by atoms with E-state index in [0.717, 1.165) is 11.0 Å². The van der Waals surface area contributed by atoms with E-state index in [9.17, 15) is 4.79 Å². The standard InChI is InChI=1S/C11H18N2OSi/c1-5-10(14)13-9-6-7-11(12-8-9)15(2,3)4/h6-8H,5H2,1-4H3,(H,13,14). The molecule has 3 nitrogen and oxygen atoms in total. The van der Waals surface area contributed by atoms with Gasteiger partial charge >= 0.3 is 0 Å². The van der Waals surface area contributed by atoms with Gasteiger partial charge in [-0.25, -0.2) is 0 Å². The number of hydrogen-bond donors (Lipinski definition) is 1. The van der Waals surface area contributed by atoms with Gasteiger partial charge in [0.1, 0.15) is 8.07 Å². The number of aromatic nitrogens is 1. The molecule has 0 fully saturated rings. The van der Waals surface area contributed by atoms with E-state index in [1.165, 1.54) is 0 Å². The van der Waals surface area contributed by atoms with Crippen molar-refractivity contribution in [1.82, 2.24) is 4.98 Å². The Morgan fingerprint density at radius 2 is 2.07 bits per heavy atom. The van der Waals surface area contributed by atoms with E-state index in [0.29, 0.717) is 6.42 Å². The van der Waals surface area contributed by atoms with Crippen molar-refractivity contribution >= 4 is 25.0 Å². The summed E-state index contributed by atoms with van der Waals surface area (Å²) >= 11 is 0. The van der Waals surface area contributed by atoms with Crippen molar-refractivity contribution in [3.05, 3.63) is 18.3 Å². The van der Waals surface area contributed by atoms with Crippen molar-refractivity contribution in [2.24, 2.45) is 0 Å². The predicted octanol–water partition coefficient (Wildman–Crippen LogP) is 1.98. The smallest absolute Gasteiger partial charge is 0.224 e. The number of nitrogens with one attached hydrogen (secondary N) is 1. The summed E-state index contributed by atoms with van der Waals surface area (Å²) in [6.45, 7) is 8.58. The molecule has 0 aliphatic rings. The highest BCUT2D eigenvalue weighted by molar-refractivity contribution is 6.88. The van der Waals surface area contributed by atoms with Gasteiger partial charge in [-0.3, -0.25) is 9.78 Å². The van der Waals surface area contributed by atoms with Gasteiger partial charge in [0.15, 0.2) is 0 Å². The van der Waals surface area contributed by atoms with Crippen molar-refractivity contribution in [1.29, 1.82) is 0 Å². The summed E-state index contributed by atoms with van der Waals surface area (Å²) in [5.41, 5.74) is 0.781. The first-order chi connectivity index (χ1) is 6.93. The fraction of sp³-hybridized carbons (Fsp3) is 0.455. The van der Waals surface area contributed by atoms with Crippen LogP contribution < -0.4 is 10.6 Å². The van der Waals surface area contributed by atoms with Crippen molar-refractivity contribution < 1.29 is 4.79 Å². The minimum atomic E-state index is -1.33. The van der Waals surface area contributed by atoms with Crippen LogP contribution in [-0.4, -0.2) is 19.0 Å². The number of carbonyl (C=O) groups is 1. The molecule has 1 amide bonds. The Morgan fingerprint density at radius 3 is 2.47 bits per heavy atom. The normalized spacial score (nSPS) is 11.2. The zero-order chi connectivity index (χ0) is 11.5. The monoisotopic (exact) mass is 222 g/mol. The number of hydrogen-bond acceptors (Lipinski definition) is 2. The topological polar surface area (TPSA) is 42.0 Å². The molecule has 1 rings (SSSR count). The molecular weight excluding hydrogens is 204 g/mol. The fourth-order valence-electron chi connectivity index (χ4n) is 1.16. The summed E-state index contributed by atoms with van der Waals surface area (Å²) < 4.78 is 0. The SMILES string of the molecule is CCC(=O)Nc1ccc([Si](C)(C)C)nc1. The Hall–Kier alpha value is -1.16. The third kappa shape index (κ3) is 3.47. The predicted molar refractivity (Wildman–Crippen MR) is 66.1 cm³/mol. The molecule has 4 heteroatoms.